The van der Waals surface area contributed by atoms with Gasteiger partial charge in [-0.05, 0) is 62.7 Å². The van der Waals surface area contributed by atoms with Gasteiger partial charge >= 0.3 is 0 Å². The molecule has 5 nitrogen and oxygen atoms in total. The molecule has 0 heterocycles. The van der Waals surface area contributed by atoms with Crippen LogP contribution in [0.5, 0.6) is 0 Å². The molecule has 0 unspecified atom stereocenters. The second kappa shape index (κ2) is 8.27. The summed E-state index contributed by atoms with van der Waals surface area (Å²) in [6, 6.07) is 16.6. The lowest BCUT2D eigenvalue weighted by Crippen LogP contribution is -2.16. The first kappa shape index (κ1) is 20.9. The molecule has 0 fully saturated rings. The summed E-state index contributed by atoms with van der Waals surface area (Å²) in [6.45, 7) is 5.75. The van der Waals surface area contributed by atoms with Crippen LogP contribution in [0.25, 0.3) is 0 Å². The van der Waals surface area contributed by atoms with Gasteiger partial charge in [-0.1, -0.05) is 47.0 Å². The number of anilines is 2. The minimum atomic E-state index is -3.78. The van der Waals surface area contributed by atoms with Gasteiger partial charge in [0.1, 0.15) is 0 Å². The third-order valence-electron chi connectivity index (χ3n) is 4.42. The number of sulfonamides is 1. The van der Waals surface area contributed by atoms with Gasteiger partial charge in [0.25, 0.3) is 15.9 Å². The van der Waals surface area contributed by atoms with E-state index in [2.05, 4.69) is 10.0 Å². The van der Waals surface area contributed by atoms with Crippen LogP contribution < -0.4 is 10.0 Å². The van der Waals surface area contributed by atoms with Gasteiger partial charge in [-0.25, -0.2) is 8.42 Å². The van der Waals surface area contributed by atoms with Crippen LogP contribution in [0.15, 0.2) is 65.6 Å². The van der Waals surface area contributed by atoms with Gasteiger partial charge in [0.2, 0.25) is 0 Å². The zero-order chi connectivity index (χ0) is 21.2. The number of carbonyl (C=O) groups excluding carboxylic acids is 1. The molecule has 2 N–H and O–H groups in total. The third kappa shape index (κ3) is 4.96. The highest BCUT2D eigenvalue weighted by molar-refractivity contribution is 7.92. The van der Waals surface area contributed by atoms with Gasteiger partial charge in [0.15, 0.2) is 0 Å². The molecule has 0 saturated heterocycles. The number of hydrogen-bond acceptors (Lipinski definition) is 3. The summed E-state index contributed by atoms with van der Waals surface area (Å²) < 4.78 is 27.7. The van der Waals surface area contributed by atoms with Crippen molar-refractivity contribution >= 4 is 38.9 Å². The Morgan fingerprint density at radius 2 is 1.52 bits per heavy atom. The SMILES string of the molecule is Cc1ccc(S(=O)(=O)Nc2ccc(Cl)c(C(=O)Nc3ccc(C)cc3C)c2)cc1. The molecule has 7 heteroatoms. The highest BCUT2D eigenvalue weighted by atomic mass is 35.5. The summed E-state index contributed by atoms with van der Waals surface area (Å²) in [7, 11) is -3.78. The molecule has 0 aromatic heterocycles. The first-order valence-electron chi connectivity index (χ1n) is 8.93. The number of amides is 1. The average molecular weight is 429 g/mol. The highest BCUT2D eigenvalue weighted by Crippen LogP contribution is 2.25. The van der Waals surface area contributed by atoms with E-state index in [0.717, 1.165) is 16.7 Å². The molecule has 0 atom stereocenters. The lowest BCUT2D eigenvalue weighted by atomic mass is 10.1. The molecule has 3 rings (SSSR count). The third-order valence-corrected chi connectivity index (χ3v) is 6.15. The van der Waals surface area contributed by atoms with E-state index in [1.54, 1.807) is 12.1 Å². The van der Waals surface area contributed by atoms with Crippen LogP contribution in [0.1, 0.15) is 27.0 Å². The average Bonchev–Trinajstić information content (AvgIpc) is 2.65. The number of rotatable bonds is 5. The molecular weight excluding hydrogens is 408 g/mol. The maximum absolute atomic E-state index is 12.7. The second-order valence-corrected chi connectivity index (χ2v) is 8.98. The summed E-state index contributed by atoms with van der Waals surface area (Å²) in [4.78, 5) is 12.9. The first-order chi connectivity index (χ1) is 13.7. The van der Waals surface area contributed by atoms with Crippen LogP contribution >= 0.6 is 11.6 Å². The van der Waals surface area contributed by atoms with Crippen LogP contribution in [-0.2, 0) is 10.0 Å². The Morgan fingerprint density at radius 3 is 2.17 bits per heavy atom. The molecule has 1 amide bonds. The quantitative estimate of drug-likeness (QED) is 0.577. The fourth-order valence-electron chi connectivity index (χ4n) is 2.84. The number of benzene rings is 3. The zero-order valence-corrected chi connectivity index (χ0v) is 17.9. The smallest absolute Gasteiger partial charge is 0.261 e. The molecule has 150 valence electrons. The van der Waals surface area contributed by atoms with E-state index >= 15 is 0 Å². The molecule has 0 spiro atoms. The molecule has 0 aliphatic rings. The lowest BCUT2D eigenvalue weighted by molar-refractivity contribution is 0.102. The Morgan fingerprint density at radius 1 is 0.862 bits per heavy atom. The largest absolute Gasteiger partial charge is 0.322 e. The van der Waals surface area contributed by atoms with Crippen molar-refractivity contribution in [1.82, 2.24) is 0 Å². The van der Waals surface area contributed by atoms with Crippen molar-refractivity contribution in [2.75, 3.05) is 10.0 Å². The normalized spacial score (nSPS) is 11.2. The van der Waals surface area contributed by atoms with E-state index in [1.807, 2.05) is 39.0 Å². The van der Waals surface area contributed by atoms with Crippen molar-refractivity contribution in [2.24, 2.45) is 0 Å². The predicted octanol–water partition coefficient (Wildman–Crippen LogP) is 5.32. The summed E-state index contributed by atoms with van der Waals surface area (Å²) in [5.74, 6) is -0.418. The summed E-state index contributed by atoms with van der Waals surface area (Å²) in [5.41, 5.74) is 4.07. The molecule has 3 aromatic carbocycles. The van der Waals surface area contributed by atoms with Gasteiger partial charge in [0, 0.05) is 11.4 Å². The van der Waals surface area contributed by atoms with Crippen molar-refractivity contribution in [3.8, 4) is 0 Å². The van der Waals surface area contributed by atoms with Crippen molar-refractivity contribution in [2.45, 2.75) is 25.7 Å². The summed E-state index contributed by atoms with van der Waals surface area (Å²) in [6.07, 6.45) is 0. The van der Waals surface area contributed by atoms with Gasteiger partial charge in [-0.3, -0.25) is 9.52 Å². The van der Waals surface area contributed by atoms with Crippen molar-refractivity contribution in [3.63, 3.8) is 0 Å². The predicted molar refractivity (Wildman–Crippen MR) is 117 cm³/mol. The maximum atomic E-state index is 12.7. The molecule has 0 radical (unpaired) electrons. The number of carbonyl (C=O) groups is 1. The monoisotopic (exact) mass is 428 g/mol. The minimum Gasteiger partial charge on any atom is -0.322 e. The topological polar surface area (TPSA) is 75.3 Å². The second-order valence-electron chi connectivity index (χ2n) is 6.89. The van der Waals surface area contributed by atoms with Crippen molar-refractivity contribution in [1.29, 1.82) is 0 Å². The van der Waals surface area contributed by atoms with E-state index in [4.69, 9.17) is 11.6 Å². The van der Waals surface area contributed by atoms with E-state index in [-0.39, 0.29) is 21.2 Å². The van der Waals surface area contributed by atoms with Crippen LogP contribution in [0.3, 0.4) is 0 Å². The number of hydrogen-bond donors (Lipinski definition) is 2. The number of nitrogens with one attached hydrogen (secondary N) is 2. The van der Waals surface area contributed by atoms with Gasteiger partial charge in [-0.15, -0.1) is 0 Å². The Kier molecular flexibility index (Phi) is 5.96. The van der Waals surface area contributed by atoms with Gasteiger partial charge in [-0.2, -0.15) is 0 Å². The summed E-state index contributed by atoms with van der Waals surface area (Å²) >= 11 is 6.19. The number of halogens is 1. The fourth-order valence-corrected chi connectivity index (χ4v) is 4.09. The van der Waals surface area contributed by atoms with E-state index in [1.165, 1.54) is 30.3 Å². The minimum absolute atomic E-state index is 0.138. The highest BCUT2D eigenvalue weighted by Gasteiger charge is 2.17. The molecule has 3 aromatic rings. The standard InChI is InChI=1S/C22H21ClN2O3S/c1-14-4-8-18(9-5-14)29(27,28)25-17-7-10-20(23)19(13-17)22(26)24-21-11-6-15(2)12-16(21)3/h4-13,25H,1-3H3,(H,24,26). The molecular formula is C22H21ClN2O3S. The first-order valence-corrected chi connectivity index (χ1v) is 10.8. The Labute approximate surface area is 175 Å². The summed E-state index contributed by atoms with van der Waals surface area (Å²) in [5, 5.41) is 3.05. The Balaban J connectivity index is 1.85. The van der Waals surface area contributed by atoms with Crippen molar-refractivity contribution < 1.29 is 13.2 Å². The molecule has 29 heavy (non-hydrogen) atoms. The van der Waals surface area contributed by atoms with Crippen LogP contribution in [0, 0.1) is 20.8 Å². The van der Waals surface area contributed by atoms with Crippen LogP contribution in [0.2, 0.25) is 5.02 Å². The van der Waals surface area contributed by atoms with E-state index in [9.17, 15) is 13.2 Å². The fraction of sp³-hybridized carbons (Fsp3) is 0.136. The number of aryl methyl sites for hydroxylation is 3. The zero-order valence-electron chi connectivity index (χ0n) is 16.3. The molecule has 0 bridgehead atoms. The Bertz CT molecular complexity index is 1170. The van der Waals surface area contributed by atoms with Crippen LogP contribution in [-0.4, -0.2) is 14.3 Å². The van der Waals surface area contributed by atoms with Crippen LogP contribution in [0.4, 0.5) is 11.4 Å². The van der Waals surface area contributed by atoms with Gasteiger partial charge in [0.05, 0.1) is 15.5 Å². The molecule has 0 saturated carbocycles. The molecule has 0 aliphatic carbocycles. The maximum Gasteiger partial charge on any atom is 0.261 e. The van der Waals surface area contributed by atoms with Crippen molar-refractivity contribution in [3.05, 3.63) is 87.9 Å². The Hall–Kier alpha value is -2.83. The van der Waals surface area contributed by atoms with E-state index < -0.39 is 15.9 Å². The van der Waals surface area contributed by atoms with Gasteiger partial charge < -0.3 is 5.32 Å². The van der Waals surface area contributed by atoms with E-state index in [0.29, 0.717) is 5.69 Å². The lowest BCUT2D eigenvalue weighted by Gasteiger charge is -2.13. The molecule has 0 aliphatic heterocycles.